The molecule has 0 bridgehead atoms. The third-order valence-electron chi connectivity index (χ3n) is 3.47. The molecule has 0 saturated heterocycles. The number of hydrogen-bond acceptors (Lipinski definition) is 3. The van der Waals surface area contributed by atoms with E-state index in [-0.39, 0.29) is 11.9 Å². The molecule has 0 unspecified atom stereocenters. The molecule has 0 spiro atoms. The Kier molecular flexibility index (Phi) is 5.73. The zero-order valence-electron chi connectivity index (χ0n) is 11.4. The van der Waals surface area contributed by atoms with Crippen molar-refractivity contribution in [2.24, 2.45) is 0 Å². The third-order valence-corrected chi connectivity index (χ3v) is 4.17. The second-order valence-electron chi connectivity index (χ2n) is 4.90. The molecule has 2 N–H and O–H groups in total. The summed E-state index contributed by atoms with van der Waals surface area (Å²) in [6.45, 7) is 1.58. The highest BCUT2D eigenvalue weighted by molar-refractivity contribution is 7.98. The van der Waals surface area contributed by atoms with Crippen molar-refractivity contribution in [2.45, 2.75) is 31.8 Å². The summed E-state index contributed by atoms with van der Waals surface area (Å²) >= 11 is 1.86. The maximum atomic E-state index is 12.1. The van der Waals surface area contributed by atoms with Gasteiger partial charge in [-0.2, -0.15) is 11.8 Å². The van der Waals surface area contributed by atoms with Crippen molar-refractivity contribution >= 4 is 17.7 Å². The van der Waals surface area contributed by atoms with Crippen molar-refractivity contribution < 1.29 is 4.79 Å². The SMILES string of the molecule is CSCCCCNC(=O)[C@@H]1Cc2ccccc2CN1. The number of hydrogen-bond donors (Lipinski definition) is 2. The fourth-order valence-electron chi connectivity index (χ4n) is 2.35. The topological polar surface area (TPSA) is 41.1 Å². The number of thioether (sulfide) groups is 1. The summed E-state index contributed by atoms with van der Waals surface area (Å²) in [4.78, 5) is 12.1. The van der Waals surface area contributed by atoms with E-state index in [1.54, 1.807) is 0 Å². The van der Waals surface area contributed by atoms with Crippen LogP contribution in [-0.4, -0.2) is 30.5 Å². The van der Waals surface area contributed by atoms with Crippen molar-refractivity contribution in [3.63, 3.8) is 0 Å². The van der Waals surface area contributed by atoms with E-state index in [1.165, 1.54) is 23.3 Å². The molecule has 1 aromatic rings. The van der Waals surface area contributed by atoms with Crippen LogP contribution in [0.2, 0.25) is 0 Å². The van der Waals surface area contributed by atoms with Crippen LogP contribution in [0, 0.1) is 0 Å². The van der Waals surface area contributed by atoms with Gasteiger partial charge in [0.15, 0.2) is 0 Å². The Balaban J connectivity index is 1.76. The number of benzene rings is 1. The first-order valence-electron chi connectivity index (χ1n) is 6.88. The lowest BCUT2D eigenvalue weighted by molar-refractivity contribution is -0.123. The predicted octanol–water partition coefficient (Wildman–Crippen LogP) is 1.96. The molecule has 19 heavy (non-hydrogen) atoms. The lowest BCUT2D eigenvalue weighted by Crippen LogP contribution is -2.47. The zero-order valence-corrected chi connectivity index (χ0v) is 12.3. The molecule has 0 radical (unpaired) electrons. The van der Waals surface area contributed by atoms with E-state index >= 15 is 0 Å². The second-order valence-corrected chi connectivity index (χ2v) is 5.88. The molecule has 0 aromatic heterocycles. The summed E-state index contributed by atoms with van der Waals surface area (Å²) in [6, 6.07) is 8.26. The minimum atomic E-state index is -0.0737. The Labute approximate surface area is 119 Å². The molecular formula is C15H22N2OS. The van der Waals surface area contributed by atoms with E-state index in [0.29, 0.717) is 0 Å². The molecule has 1 atom stereocenters. The zero-order chi connectivity index (χ0) is 13.5. The Morgan fingerprint density at radius 1 is 1.37 bits per heavy atom. The molecule has 1 amide bonds. The fraction of sp³-hybridized carbons (Fsp3) is 0.533. The van der Waals surface area contributed by atoms with Crippen LogP contribution in [0.15, 0.2) is 24.3 Å². The van der Waals surface area contributed by atoms with Crippen LogP contribution in [0.5, 0.6) is 0 Å². The molecule has 1 heterocycles. The van der Waals surface area contributed by atoms with Gasteiger partial charge in [-0.15, -0.1) is 0 Å². The molecule has 0 saturated carbocycles. The van der Waals surface area contributed by atoms with Gasteiger partial charge in [0, 0.05) is 13.1 Å². The lowest BCUT2D eigenvalue weighted by Gasteiger charge is -2.25. The predicted molar refractivity (Wildman–Crippen MR) is 81.4 cm³/mol. The molecule has 1 aliphatic heterocycles. The fourth-order valence-corrected chi connectivity index (χ4v) is 2.84. The van der Waals surface area contributed by atoms with Gasteiger partial charge in [-0.3, -0.25) is 4.79 Å². The maximum Gasteiger partial charge on any atom is 0.237 e. The summed E-state index contributed by atoms with van der Waals surface area (Å²) in [6.07, 6.45) is 5.15. The van der Waals surface area contributed by atoms with Crippen molar-refractivity contribution in [2.75, 3.05) is 18.6 Å². The van der Waals surface area contributed by atoms with Gasteiger partial charge in [-0.05, 0) is 42.4 Å². The Bertz CT molecular complexity index is 422. The van der Waals surface area contributed by atoms with Crippen LogP contribution in [0.3, 0.4) is 0 Å². The molecule has 104 valence electrons. The van der Waals surface area contributed by atoms with Gasteiger partial charge in [0.25, 0.3) is 0 Å². The molecular weight excluding hydrogens is 256 g/mol. The average molecular weight is 278 g/mol. The smallest absolute Gasteiger partial charge is 0.237 e. The summed E-state index contributed by atoms with van der Waals surface area (Å²) in [5.41, 5.74) is 2.61. The number of carbonyl (C=O) groups is 1. The minimum Gasteiger partial charge on any atom is -0.355 e. The molecule has 0 fully saturated rings. The Morgan fingerprint density at radius 2 is 2.16 bits per heavy atom. The number of nitrogens with one attached hydrogen (secondary N) is 2. The Morgan fingerprint density at radius 3 is 2.95 bits per heavy atom. The van der Waals surface area contributed by atoms with Crippen LogP contribution < -0.4 is 10.6 Å². The average Bonchev–Trinajstić information content (AvgIpc) is 2.46. The van der Waals surface area contributed by atoms with E-state index in [0.717, 1.165) is 25.9 Å². The Hall–Kier alpha value is -1.00. The molecule has 1 aliphatic rings. The summed E-state index contributed by atoms with van der Waals surface area (Å²) < 4.78 is 0. The van der Waals surface area contributed by atoms with Crippen LogP contribution >= 0.6 is 11.8 Å². The van der Waals surface area contributed by atoms with Crippen LogP contribution in [-0.2, 0) is 17.8 Å². The van der Waals surface area contributed by atoms with Crippen molar-refractivity contribution in [1.82, 2.24) is 10.6 Å². The van der Waals surface area contributed by atoms with Gasteiger partial charge in [-0.1, -0.05) is 24.3 Å². The molecule has 1 aromatic carbocycles. The summed E-state index contributed by atoms with van der Waals surface area (Å²) in [5, 5.41) is 6.34. The van der Waals surface area contributed by atoms with Crippen molar-refractivity contribution in [1.29, 1.82) is 0 Å². The largest absolute Gasteiger partial charge is 0.355 e. The van der Waals surface area contributed by atoms with Gasteiger partial charge >= 0.3 is 0 Å². The van der Waals surface area contributed by atoms with Gasteiger partial charge in [-0.25, -0.2) is 0 Å². The normalized spacial score (nSPS) is 17.8. The highest BCUT2D eigenvalue weighted by Gasteiger charge is 2.23. The standard InChI is InChI=1S/C15H22N2OS/c1-19-9-5-4-8-16-15(18)14-10-12-6-2-3-7-13(12)11-17-14/h2-3,6-7,14,17H,4-5,8-11H2,1H3,(H,16,18)/t14-/m0/s1. The van der Waals surface area contributed by atoms with Crippen LogP contribution in [0.1, 0.15) is 24.0 Å². The van der Waals surface area contributed by atoms with E-state index < -0.39 is 0 Å². The van der Waals surface area contributed by atoms with E-state index in [9.17, 15) is 4.79 Å². The quantitative estimate of drug-likeness (QED) is 0.782. The van der Waals surface area contributed by atoms with Crippen LogP contribution in [0.4, 0.5) is 0 Å². The molecule has 3 nitrogen and oxygen atoms in total. The first kappa shape index (κ1) is 14.4. The monoisotopic (exact) mass is 278 g/mol. The van der Waals surface area contributed by atoms with Crippen molar-refractivity contribution in [3.8, 4) is 0 Å². The third kappa shape index (κ3) is 4.25. The van der Waals surface area contributed by atoms with Gasteiger partial charge in [0.2, 0.25) is 5.91 Å². The minimum absolute atomic E-state index is 0.0737. The number of rotatable bonds is 6. The van der Waals surface area contributed by atoms with E-state index in [1.807, 2.05) is 23.9 Å². The first-order valence-corrected chi connectivity index (χ1v) is 8.27. The lowest BCUT2D eigenvalue weighted by atomic mass is 9.95. The van der Waals surface area contributed by atoms with Gasteiger partial charge in [0.1, 0.15) is 0 Å². The first-order chi connectivity index (χ1) is 9.31. The second kappa shape index (κ2) is 7.56. The highest BCUT2D eigenvalue weighted by Crippen LogP contribution is 2.16. The molecule has 0 aliphatic carbocycles. The van der Waals surface area contributed by atoms with Gasteiger partial charge in [0.05, 0.1) is 6.04 Å². The van der Waals surface area contributed by atoms with E-state index in [4.69, 9.17) is 0 Å². The van der Waals surface area contributed by atoms with Crippen molar-refractivity contribution in [3.05, 3.63) is 35.4 Å². The summed E-state index contributed by atoms with van der Waals surface area (Å²) in [5.74, 6) is 1.31. The number of carbonyl (C=O) groups excluding carboxylic acids is 1. The van der Waals surface area contributed by atoms with Gasteiger partial charge < -0.3 is 10.6 Å². The summed E-state index contributed by atoms with van der Waals surface area (Å²) in [7, 11) is 0. The number of fused-ring (bicyclic) bond motifs is 1. The number of amides is 1. The maximum absolute atomic E-state index is 12.1. The van der Waals surface area contributed by atoms with Crippen LogP contribution in [0.25, 0.3) is 0 Å². The molecule has 4 heteroatoms. The highest BCUT2D eigenvalue weighted by atomic mass is 32.2. The number of unbranched alkanes of at least 4 members (excludes halogenated alkanes) is 1. The van der Waals surface area contributed by atoms with E-state index in [2.05, 4.69) is 29.0 Å². The molecule has 2 rings (SSSR count).